The summed E-state index contributed by atoms with van der Waals surface area (Å²) in [6.07, 6.45) is 0. The maximum Gasteiger partial charge on any atom is 0.0401 e. The van der Waals surface area contributed by atoms with Crippen molar-refractivity contribution in [3.63, 3.8) is 0 Å². The van der Waals surface area contributed by atoms with Crippen molar-refractivity contribution in [2.24, 2.45) is 0 Å². The lowest BCUT2D eigenvalue weighted by Crippen LogP contribution is -2.00. The number of aryl methyl sites for hydroxylation is 1. The van der Waals surface area contributed by atoms with Gasteiger partial charge in [0, 0.05) is 12.2 Å². The molecule has 1 nitrogen and oxygen atoms in total. The molecule has 0 fully saturated rings. The number of rotatable bonds is 3. The second-order valence-electron chi connectivity index (χ2n) is 4.85. The second-order valence-corrected chi connectivity index (χ2v) is 4.85. The zero-order valence-electron chi connectivity index (χ0n) is 11.1. The maximum absolute atomic E-state index is 3.49. The van der Waals surface area contributed by atoms with Gasteiger partial charge in [-0.15, -0.1) is 0 Å². The average molecular weight is 247 g/mol. The standard InChI is InChI=1S/C18H17N/c1-14-6-2-5-9-18(14)19-13-15-10-11-16-7-3-4-8-17(16)12-15/h2-12,19H,13H2,1H3. The Morgan fingerprint density at radius 2 is 1.53 bits per heavy atom. The Bertz CT molecular complexity index is 701. The van der Waals surface area contributed by atoms with Gasteiger partial charge in [0.15, 0.2) is 0 Å². The fraction of sp³-hybridized carbons (Fsp3) is 0.111. The van der Waals surface area contributed by atoms with Gasteiger partial charge in [-0.25, -0.2) is 0 Å². The van der Waals surface area contributed by atoms with Crippen LogP contribution in [0.25, 0.3) is 10.8 Å². The number of anilines is 1. The van der Waals surface area contributed by atoms with Crippen molar-refractivity contribution in [1.29, 1.82) is 0 Å². The fourth-order valence-electron chi connectivity index (χ4n) is 2.32. The fourth-order valence-corrected chi connectivity index (χ4v) is 2.32. The van der Waals surface area contributed by atoms with E-state index in [0.717, 1.165) is 6.54 Å². The van der Waals surface area contributed by atoms with Crippen LogP contribution in [0.3, 0.4) is 0 Å². The SMILES string of the molecule is Cc1ccccc1NCc1ccc2ccccc2c1. The molecule has 19 heavy (non-hydrogen) atoms. The summed E-state index contributed by atoms with van der Waals surface area (Å²) in [7, 11) is 0. The van der Waals surface area contributed by atoms with Gasteiger partial charge >= 0.3 is 0 Å². The van der Waals surface area contributed by atoms with E-state index >= 15 is 0 Å². The van der Waals surface area contributed by atoms with Gasteiger partial charge in [-0.1, -0.05) is 54.6 Å². The van der Waals surface area contributed by atoms with Crippen LogP contribution < -0.4 is 5.32 Å². The van der Waals surface area contributed by atoms with Crippen LogP contribution in [-0.2, 0) is 6.54 Å². The lowest BCUT2D eigenvalue weighted by molar-refractivity contribution is 1.15. The summed E-state index contributed by atoms with van der Waals surface area (Å²) in [5.41, 5.74) is 3.79. The molecule has 1 N–H and O–H groups in total. The van der Waals surface area contributed by atoms with Crippen molar-refractivity contribution in [2.75, 3.05) is 5.32 Å². The van der Waals surface area contributed by atoms with E-state index in [4.69, 9.17) is 0 Å². The van der Waals surface area contributed by atoms with E-state index in [9.17, 15) is 0 Å². The number of para-hydroxylation sites is 1. The monoisotopic (exact) mass is 247 g/mol. The van der Waals surface area contributed by atoms with E-state index in [1.54, 1.807) is 0 Å². The Labute approximate surface area is 113 Å². The molecule has 0 aliphatic heterocycles. The largest absolute Gasteiger partial charge is 0.381 e. The molecule has 94 valence electrons. The smallest absolute Gasteiger partial charge is 0.0401 e. The molecular formula is C18H17N. The molecule has 0 aromatic heterocycles. The van der Waals surface area contributed by atoms with Crippen LogP contribution in [0.5, 0.6) is 0 Å². The number of hydrogen-bond donors (Lipinski definition) is 1. The molecule has 1 heteroatoms. The van der Waals surface area contributed by atoms with E-state index in [0.29, 0.717) is 0 Å². The molecule has 0 aliphatic carbocycles. The Balaban J connectivity index is 1.80. The van der Waals surface area contributed by atoms with E-state index in [1.807, 2.05) is 0 Å². The van der Waals surface area contributed by atoms with Crippen LogP contribution in [0.4, 0.5) is 5.69 Å². The highest BCUT2D eigenvalue weighted by Crippen LogP contribution is 2.18. The third-order valence-electron chi connectivity index (χ3n) is 3.44. The van der Waals surface area contributed by atoms with Crippen LogP contribution in [0, 0.1) is 6.92 Å². The first-order valence-corrected chi connectivity index (χ1v) is 6.60. The summed E-state index contributed by atoms with van der Waals surface area (Å²) < 4.78 is 0. The Morgan fingerprint density at radius 1 is 0.789 bits per heavy atom. The van der Waals surface area contributed by atoms with Gasteiger partial charge in [0.2, 0.25) is 0 Å². The van der Waals surface area contributed by atoms with Crippen LogP contribution in [0.2, 0.25) is 0 Å². The van der Waals surface area contributed by atoms with Gasteiger partial charge in [-0.05, 0) is 41.0 Å². The highest BCUT2D eigenvalue weighted by molar-refractivity contribution is 5.83. The molecule has 0 spiro atoms. The average Bonchev–Trinajstić information content (AvgIpc) is 2.46. The molecule has 3 aromatic carbocycles. The van der Waals surface area contributed by atoms with Crippen LogP contribution in [0.1, 0.15) is 11.1 Å². The maximum atomic E-state index is 3.49. The minimum Gasteiger partial charge on any atom is -0.381 e. The lowest BCUT2D eigenvalue weighted by Gasteiger charge is -2.10. The molecule has 0 bridgehead atoms. The third-order valence-corrected chi connectivity index (χ3v) is 3.44. The first-order chi connectivity index (χ1) is 9.33. The molecule has 0 aliphatic rings. The summed E-state index contributed by atoms with van der Waals surface area (Å²) in [6, 6.07) is 23.5. The normalized spacial score (nSPS) is 10.6. The summed E-state index contributed by atoms with van der Waals surface area (Å²) in [5, 5.41) is 6.09. The van der Waals surface area contributed by atoms with Gasteiger partial charge in [0.25, 0.3) is 0 Å². The minimum atomic E-state index is 0.857. The Hall–Kier alpha value is -2.28. The van der Waals surface area contributed by atoms with Gasteiger partial charge in [0.05, 0.1) is 0 Å². The van der Waals surface area contributed by atoms with Crippen LogP contribution >= 0.6 is 0 Å². The first-order valence-electron chi connectivity index (χ1n) is 6.60. The number of benzene rings is 3. The molecular weight excluding hydrogens is 230 g/mol. The molecule has 0 atom stereocenters. The molecule has 0 saturated heterocycles. The van der Waals surface area contributed by atoms with Crippen molar-refractivity contribution >= 4 is 16.5 Å². The summed E-state index contributed by atoms with van der Waals surface area (Å²) in [6.45, 7) is 2.98. The predicted octanol–water partition coefficient (Wildman–Crippen LogP) is 4.76. The zero-order chi connectivity index (χ0) is 13.1. The Morgan fingerprint density at radius 3 is 2.37 bits per heavy atom. The van der Waals surface area contributed by atoms with Gasteiger partial charge in [0.1, 0.15) is 0 Å². The van der Waals surface area contributed by atoms with Crippen molar-refractivity contribution in [3.05, 3.63) is 77.9 Å². The minimum absolute atomic E-state index is 0.857. The second kappa shape index (κ2) is 5.15. The van der Waals surface area contributed by atoms with Crippen molar-refractivity contribution < 1.29 is 0 Å². The van der Waals surface area contributed by atoms with Gasteiger partial charge in [-0.2, -0.15) is 0 Å². The molecule has 3 rings (SSSR count). The highest BCUT2D eigenvalue weighted by Gasteiger charge is 1.98. The van der Waals surface area contributed by atoms with Crippen molar-refractivity contribution in [1.82, 2.24) is 0 Å². The summed E-state index contributed by atoms with van der Waals surface area (Å²) >= 11 is 0. The number of nitrogens with one attached hydrogen (secondary N) is 1. The Kier molecular flexibility index (Phi) is 3.20. The summed E-state index contributed by atoms with van der Waals surface area (Å²) in [4.78, 5) is 0. The van der Waals surface area contributed by atoms with E-state index in [-0.39, 0.29) is 0 Å². The number of fused-ring (bicyclic) bond motifs is 1. The van der Waals surface area contributed by atoms with Crippen LogP contribution in [0.15, 0.2) is 66.7 Å². The van der Waals surface area contributed by atoms with E-state index < -0.39 is 0 Å². The molecule has 3 aromatic rings. The van der Waals surface area contributed by atoms with Crippen molar-refractivity contribution in [2.45, 2.75) is 13.5 Å². The zero-order valence-corrected chi connectivity index (χ0v) is 11.1. The molecule has 0 amide bonds. The molecule has 0 unspecified atom stereocenters. The lowest BCUT2D eigenvalue weighted by atomic mass is 10.1. The topological polar surface area (TPSA) is 12.0 Å². The van der Waals surface area contributed by atoms with E-state index in [1.165, 1.54) is 27.6 Å². The van der Waals surface area contributed by atoms with E-state index in [2.05, 4.69) is 79.0 Å². The third kappa shape index (κ3) is 2.60. The van der Waals surface area contributed by atoms with Crippen LogP contribution in [-0.4, -0.2) is 0 Å². The summed E-state index contributed by atoms with van der Waals surface area (Å²) in [5.74, 6) is 0. The quantitative estimate of drug-likeness (QED) is 0.703. The van der Waals surface area contributed by atoms with Gasteiger partial charge < -0.3 is 5.32 Å². The molecule has 0 radical (unpaired) electrons. The predicted molar refractivity (Wildman–Crippen MR) is 82.5 cm³/mol. The van der Waals surface area contributed by atoms with Gasteiger partial charge in [-0.3, -0.25) is 0 Å². The first kappa shape index (κ1) is 11.8. The molecule has 0 heterocycles. The highest BCUT2D eigenvalue weighted by atomic mass is 14.9. The van der Waals surface area contributed by atoms with Crippen molar-refractivity contribution in [3.8, 4) is 0 Å². The molecule has 0 saturated carbocycles. The number of hydrogen-bond acceptors (Lipinski definition) is 1.